The van der Waals surface area contributed by atoms with Crippen LogP contribution in [0.15, 0.2) is 85.0 Å². The minimum Gasteiger partial charge on any atom is -0.390 e. The molecule has 4 aromatic rings. The Labute approximate surface area is 256 Å². The molecule has 224 valence electrons. The normalized spacial score (nSPS) is 12.3. The van der Waals surface area contributed by atoms with Gasteiger partial charge in [0.05, 0.1) is 42.9 Å². The topological polar surface area (TPSA) is 119 Å². The second kappa shape index (κ2) is 14.7. The smallest absolute Gasteiger partial charge is 0.253 e. The summed E-state index contributed by atoms with van der Waals surface area (Å²) in [6, 6.07) is 17.6. The van der Waals surface area contributed by atoms with Gasteiger partial charge in [-0.15, -0.1) is 11.3 Å². The predicted octanol–water partition coefficient (Wildman–Crippen LogP) is 4.17. The number of aromatic nitrogens is 2. The zero-order valence-electron chi connectivity index (χ0n) is 24.6. The minimum absolute atomic E-state index is 0.152. The van der Waals surface area contributed by atoms with E-state index in [-0.39, 0.29) is 25.6 Å². The number of pyridine rings is 1. The standard InChI is InChI=1S/C33H37N5O4S/c1-22(2)26-15-28(17-34-16-26)37(3)18-30(40)29(13-23-9-6-5-7-10-23)36-32(41)24-11-8-12-25(14-24)33(42)38(4)19-31-35-27(20-39)21-43-31/h5-12,14-17,21,29-30,39-40H,1,13,18-20H2,2-4H3,(H,36,41)/t29-,30+/m0/s1. The Balaban J connectivity index is 1.48. The first-order valence-electron chi connectivity index (χ1n) is 13.9. The Morgan fingerprint density at radius 3 is 2.47 bits per heavy atom. The molecule has 0 saturated carbocycles. The summed E-state index contributed by atoms with van der Waals surface area (Å²) in [5, 5.41) is 26.1. The molecule has 2 atom stereocenters. The number of likely N-dealkylation sites (N-methyl/N-ethyl adjacent to an activating group) is 1. The molecule has 0 unspecified atom stereocenters. The molecular weight excluding hydrogens is 562 g/mol. The van der Waals surface area contributed by atoms with Crippen LogP contribution in [0.4, 0.5) is 5.69 Å². The first-order valence-corrected chi connectivity index (χ1v) is 14.8. The van der Waals surface area contributed by atoms with Crippen LogP contribution in [-0.4, -0.2) is 69.7 Å². The molecule has 0 spiro atoms. The van der Waals surface area contributed by atoms with E-state index in [9.17, 15) is 19.8 Å². The molecule has 3 N–H and O–H groups in total. The molecule has 0 saturated heterocycles. The maximum atomic E-state index is 13.5. The minimum atomic E-state index is -0.916. The molecule has 2 amide bonds. The number of hydrogen-bond donors (Lipinski definition) is 3. The van der Waals surface area contributed by atoms with Gasteiger partial charge in [0.1, 0.15) is 5.01 Å². The lowest BCUT2D eigenvalue weighted by Gasteiger charge is -2.29. The largest absolute Gasteiger partial charge is 0.390 e. The summed E-state index contributed by atoms with van der Waals surface area (Å²) in [7, 11) is 3.53. The third-order valence-electron chi connectivity index (χ3n) is 7.05. The van der Waals surface area contributed by atoms with Gasteiger partial charge in [-0.25, -0.2) is 4.98 Å². The maximum absolute atomic E-state index is 13.5. The van der Waals surface area contributed by atoms with E-state index < -0.39 is 18.1 Å². The number of hydrogen-bond acceptors (Lipinski definition) is 8. The van der Waals surface area contributed by atoms with Crippen molar-refractivity contribution < 1.29 is 19.8 Å². The van der Waals surface area contributed by atoms with E-state index in [1.54, 1.807) is 49.1 Å². The van der Waals surface area contributed by atoms with Crippen molar-refractivity contribution in [1.82, 2.24) is 20.2 Å². The van der Waals surface area contributed by atoms with Gasteiger partial charge in [-0.3, -0.25) is 14.6 Å². The summed E-state index contributed by atoms with van der Waals surface area (Å²) < 4.78 is 0. The van der Waals surface area contributed by atoms with Crippen LogP contribution in [0.2, 0.25) is 0 Å². The van der Waals surface area contributed by atoms with Gasteiger partial charge in [-0.2, -0.15) is 0 Å². The Hall–Kier alpha value is -4.38. The maximum Gasteiger partial charge on any atom is 0.253 e. The molecule has 0 bridgehead atoms. The van der Waals surface area contributed by atoms with Crippen LogP contribution < -0.4 is 10.2 Å². The molecule has 0 aliphatic heterocycles. The van der Waals surface area contributed by atoms with E-state index >= 15 is 0 Å². The van der Waals surface area contributed by atoms with E-state index in [0.717, 1.165) is 22.4 Å². The quantitative estimate of drug-likeness (QED) is 0.211. The fraction of sp³-hybridized carbons (Fsp3) is 0.273. The van der Waals surface area contributed by atoms with Crippen molar-refractivity contribution in [3.8, 4) is 0 Å². The van der Waals surface area contributed by atoms with Gasteiger partial charge in [-0.1, -0.05) is 43.0 Å². The van der Waals surface area contributed by atoms with E-state index in [1.165, 1.54) is 16.2 Å². The van der Waals surface area contributed by atoms with Gasteiger partial charge in [-0.05, 0) is 54.3 Å². The molecular formula is C33H37N5O4S. The number of benzene rings is 2. The van der Waals surface area contributed by atoms with Crippen molar-refractivity contribution in [3.63, 3.8) is 0 Å². The molecule has 0 fully saturated rings. The summed E-state index contributed by atoms with van der Waals surface area (Å²) in [4.78, 5) is 38.7. The van der Waals surface area contributed by atoms with Crippen molar-refractivity contribution >= 4 is 34.4 Å². The average molecular weight is 600 g/mol. The zero-order chi connectivity index (χ0) is 30.9. The van der Waals surface area contributed by atoms with Gasteiger partial charge in [0.15, 0.2) is 0 Å². The van der Waals surface area contributed by atoms with Crippen LogP contribution in [0.3, 0.4) is 0 Å². The van der Waals surface area contributed by atoms with Gasteiger partial charge in [0.2, 0.25) is 0 Å². The Kier molecular flexibility index (Phi) is 10.8. The number of allylic oxidation sites excluding steroid dienone is 1. The molecule has 10 heteroatoms. The SMILES string of the molecule is C=C(C)c1cncc(N(C)C[C@@H](O)[C@H](Cc2ccccc2)NC(=O)c2cccc(C(=O)N(C)Cc3nc(CO)cs3)c2)c1. The molecule has 4 rings (SSSR count). The molecule has 0 radical (unpaired) electrons. The van der Waals surface area contributed by atoms with E-state index in [4.69, 9.17) is 0 Å². The number of carbonyl (C=O) groups excluding carboxylic acids is 2. The highest BCUT2D eigenvalue weighted by Gasteiger charge is 2.25. The lowest BCUT2D eigenvalue weighted by Crippen LogP contribution is -2.49. The fourth-order valence-electron chi connectivity index (χ4n) is 4.57. The highest BCUT2D eigenvalue weighted by atomic mass is 32.1. The van der Waals surface area contributed by atoms with Crippen molar-refractivity contribution in [2.45, 2.75) is 38.6 Å². The van der Waals surface area contributed by atoms with Crippen LogP contribution in [0, 0.1) is 0 Å². The summed E-state index contributed by atoms with van der Waals surface area (Å²) in [6.07, 6.45) is 2.97. The van der Waals surface area contributed by atoms with Gasteiger partial charge in [0.25, 0.3) is 11.8 Å². The Morgan fingerprint density at radius 2 is 1.77 bits per heavy atom. The number of anilines is 1. The Morgan fingerprint density at radius 1 is 1.02 bits per heavy atom. The van der Waals surface area contributed by atoms with Gasteiger partial charge in [0, 0.05) is 43.3 Å². The number of thiazole rings is 1. The molecule has 2 aromatic carbocycles. The van der Waals surface area contributed by atoms with Crippen molar-refractivity contribution in [3.05, 3.63) is 118 Å². The number of amides is 2. The monoisotopic (exact) mass is 599 g/mol. The number of aliphatic hydroxyl groups is 2. The highest BCUT2D eigenvalue weighted by Crippen LogP contribution is 2.20. The highest BCUT2D eigenvalue weighted by molar-refractivity contribution is 7.09. The second-order valence-corrected chi connectivity index (χ2v) is 11.5. The fourth-order valence-corrected chi connectivity index (χ4v) is 5.41. The van der Waals surface area contributed by atoms with E-state index in [1.807, 2.05) is 55.3 Å². The molecule has 2 heterocycles. The molecule has 9 nitrogen and oxygen atoms in total. The lowest BCUT2D eigenvalue weighted by molar-refractivity contribution is 0.0784. The number of carbonyl (C=O) groups is 2. The summed E-state index contributed by atoms with van der Waals surface area (Å²) >= 11 is 1.37. The van der Waals surface area contributed by atoms with Crippen LogP contribution in [0.5, 0.6) is 0 Å². The molecule has 2 aromatic heterocycles. The average Bonchev–Trinajstić information content (AvgIpc) is 3.48. The van der Waals surface area contributed by atoms with Crippen LogP contribution in [0.25, 0.3) is 5.57 Å². The summed E-state index contributed by atoms with van der Waals surface area (Å²) in [5.41, 5.74) is 4.84. The molecule has 0 aliphatic carbocycles. The van der Waals surface area contributed by atoms with Crippen LogP contribution >= 0.6 is 11.3 Å². The number of nitrogens with one attached hydrogen (secondary N) is 1. The lowest BCUT2D eigenvalue weighted by atomic mass is 9.99. The molecule has 43 heavy (non-hydrogen) atoms. The predicted molar refractivity (Wildman–Crippen MR) is 170 cm³/mol. The second-order valence-electron chi connectivity index (χ2n) is 10.6. The van der Waals surface area contributed by atoms with Gasteiger partial charge >= 0.3 is 0 Å². The third-order valence-corrected chi connectivity index (χ3v) is 7.93. The van der Waals surface area contributed by atoms with Crippen molar-refractivity contribution in [2.75, 3.05) is 25.5 Å². The Bertz CT molecular complexity index is 1560. The number of nitrogens with zero attached hydrogens (tertiary/aromatic N) is 4. The van der Waals surface area contributed by atoms with Crippen molar-refractivity contribution in [1.29, 1.82) is 0 Å². The van der Waals surface area contributed by atoms with Crippen LogP contribution in [0.1, 0.15) is 49.5 Å². The van der Waals surface area contributed by atoms with Gasteiger partial charge < -0.3 is 25.3 Å². The summed E-state index contributed by atoms with van der Waals surface area (Å²) in [6.45, 7) is 6.27. The zero-order valence-corrected chi connectivity index (χ0v) is 25.4. The first-order chi connectivity index (χ1) is 20.6. The number of aliphatic hydroxyl groups excluding tert-OH is 2. The van der Waals surface area contributed by atoms with Crippen LogP contribution in [-0.2, 0) is 19.6 Å². The number of rotatable bonds is 13. The van der Waals surface area contributed by atoms with Crippen molar-refractivity contribution in [2.24, 2.45) is 0 Å². The third kappa shape index (κ3) is 8.57. The molecule has 0 aliphatic rings. The van der Waals surface area contributed by atoms with E-state index in [0.29, 0.717) is 28.2 Å². The summed E-state index contributed by atoms with van der Waals surface area (Å²) in [5.74, 6) is -0.651. The van der Waals surface area contributed by atoms with E-state index in [2.05, 4.69) is 21.9 Å². The first kappa shape index (κ1) is 31.6.